The lowest BCUT2D eigenvalue weighted by molar-refractivity contribution is 0.291. The Hall–Kier alpha value is -2.46. The number of aryl methyl sites for hydroxylation is 1. The van der Waals surface area contributed by atoms with Crippen molar-refractivity contribution in [2.75, 3.05) is 19.6 Å². The van der Waals surface area contributed by atoms with Crippen LogP contribution >= 0.6 is 0 Å². The quantitative estimate of drug-likeness (QED) is 0.449. The molecule has 3 aromatic rings. The molecule has 4 nitrogen and oxygen atoms in total. The molecule has 0 amide bonds. The summed E-state index contributed by atoms with van der Waals surface area (Å²) < 4.78 is 0. The highest BCUT2D eigenvalue weighted by Gasteiger charge is 2.33. The monoisotopic (exact) mass is 444 g/mol. The number of H-pyrrole nitrogens is 1. The van der Waals surface area contributed by atoms with E-state index in [2.05, 4.69) is 52.5 Å². The number of hydrogen-bond donors (Lipinski definition) is 2. The summed E-state index contributed by atoms with van der Waals surface area (Å²) >= 11 is 0. The maximum atomic E-state index is 5.08. The molecule has 1 aromatic heterocycles. The van der Waals surface area contributed by atoms with E-state index in [1.165, 1.54) is 62.6 Å². The molecular weight excluding hydrogens is 404 g/mol. The van der Waals surface area contributed by atoms with E-state index >= 15 is 0 Å². The summed E-state index contributed by atoms with van der Waals surface area (Å²) in [5, 5.41) is 3.53. The molecule has 4 heteroatoms. The van der Waals surface area contributed by atoms with Crippen LogP contribution in [0.15, 0.2) is 59.6 Å². The Balaban J connectivity index is 0.000000214. The van der Waals surface area contributed by atoms with Crippen molar-refractivity contribution in [1.82, 2.24) is 15.3 Å². The maximum Gasteiger partial charge on any atom is 0.104 e. The first-order valence-electron chi connectivity index (χ1n) is 12.9. The number of nitrogens with one attached hydrogen (secondary N) is 2. The molecule has 1 saturated heterocycles. The number of aromatic amines is 1. The first-order valence-corrected chi connectivity index (χ1v) is 12.9. The van der Waals surface area contributed by atoms with Crippen LogP contribution in [-0.4, -0.2) is 35.3 Å². The Morgan fingerprint density at radius 2 is 1.79 bits per heavy atom. The van der Waals surface area contributed by atoms with E-state index in [4.69, 9.17) is 4.99 Å². The second-order valence-electron chi connectivity index (χ2n) is 9.74. The molecular formula is C29H40N4. The van der Waals surface area contributed by atoms with Crippen molar-refractivity contribution in [3.05, 3.63) is 66.0 Å². The fourth-order valence-corrected chi connectivity index (χ4v) is 5.64. The molecule has 0 spiro atoms. The molecule has 1 aliphatic heterocycles. The summed E-state index contributed by atoms with van der Waals surface area (Å²) in [4.78, 5) is 12.5. The van der Waals surface area contributed by atoms with Gasteiger partial charge in [0.1, 0.15) is 5.82 Å². The lowest BCUT2D eigenvalue weighted by Crippen LogP contribution is -2.40. The third kappa shape index (κ3) is 6.11. The molecule has 2 aromatic carbocycles. The van der Waals surface area contributed by atoms with Crippen molar-refractivity contribution >= 4 is 16.7 Å². The van der Waals surface area contributed by atoms with Crippen LogP contribution in [0.1, 0.15) is 69.7 Å². The van der Waals surface area contributed by atoms with Gasteiger partial charge < -0.3 is 10.3 Å². The van der Waals surface area contributed by atoms with Gasteiger partial charge in [0.15, 0.2) is 0 Å². The molecule has 0 radical (unpaired) electrons. The normalized spacial score (nSPS) is 21.2. The van der Waals surface area contributed by atoms with Gasteiger partial charge in [-0.2, -0.15) is 0 Å². The number of aliphatic imine (C=N–C) groups is 1. The van der Waals surface area contributed by atoms with E-state index in [9.17, 15) is 0 Å². The number of para-hydroxylation sites is 2. The zero-order valence-electron chi connectivity index (χ0n) is 20.4. The highest BCUT2D eigenvalue weighted by atomic mass is 14.9. The summed E-state index contributed by atoms with van der Waals surface area (Å²) in [5.41, 5.74) is 5.55. The Morgan fingerprint density at radius 3 is 2.55 bits per heavy atom. The van der Waals surface area contributed by atoms with Crippen molar-refractivity contribution < 1.29 is 0 Å². The lowest BCUT2D eigenvalue weighted by Gasteiger charge is -2.38. The number of hydrogen-bond acceptors (Lipinski definition) is 3. The second-order valence-corrected chi connectivity index (χ2v) is 9.74. The number of piperidine rings is 1. The number of aromatic nitrogens is 2. The van der Waals surface area contributed by atoms with Crippen LogP contribution in [0.5, 0.6) is 0 Å². The van der Waals surface area contributed by atoms with E-state index in [1.807, 2.05) is 31.2 Å². The fraction of sp³-hybridized carbons (Fsp3) is 0.517. The van der Waals surface area contributed by atoms with Crippen LogP contribution in [0.25, 0.3) is 11.0 Å². The number of nitrogens with zero attached hydrogens (tertiary/aromatic N) is 2. The number of imidazole rings is 1. The van der Waals surface area contributed by atoms with Gasteiger partial charge in [0, 0.05) is 12.3 Å². The van der Waals surface area contributed by atoms with Crippen molar-refractivity contribution in [2.45, 2.75) is 70.6 Å². The Labute approximate surface area is 199 Å². The van der Waals surface area contributed by atoms with Gasteiger partial charge in [-0.05, 0) is 94.0 Å². The topological polar surface area (TPSA) is 53.1 Å². The minimum absolute atomic E-state index is 0.343. The molecule has 1 saturated carbocycles. The third-order valence-electron chi connectivity index (χ3n) is 7.45. The number of fused-ring (bicyclic) bond motifs is 1. The van der Waals surface area contributed by atoms with E-state index < -0.39 is 0 Å². The zero-order valence-corrected chi connectivity index (χ0v) is 20.4. The first-order chi connectivity index (χ1) is 16.2. The Bertz CT molecular complexity index is 981. The SMILES string of the molecule is CCCC1CCCC1=NCCC1(c2ccccc2)CCNCC1.Cc1nc2ccccc2[nH]1. The van der Waals surface area contributed by atoms with Crippen LogP contribution in [0, 0.1) is 12.8 Å². The average molecular weight is 445 g/mol. The van der Waals surface area contributed by atoms with Gasteiger partial charge in [-0.3, -0.25) is 4.99 Å². The van der Waals surface area contributed by atoms with E-state index in [0.717, 1.165) is 42.4 Å². The van der Waals surface area contributed by atoms with Gasteiger partial charge in [-0.1, -0.05) is 55.8 Å². The summed E-state index contributed by atoms with van der Waals surface area (Å²) in [6.45, 7) is 7.56. The molecule has 2 aliphatic rings. The molecule has 1 atom stereocenters. The summed E-state index contributed by atoms with van der Waals surface area (Å²) in [6.07, 6.45) is 10.3. The minimum atomic E-state index is 0.343. The summed E-state index contributed by atoms with van der Waals surface area (Å²) in [7, 11) is 0. The molecule has 176 valence electrons. The molecule has 1 aliphatic carbocycles. The summed E-state index contributed by atoms with van der Waals surface area (Å²) in [5.74, 6) is 1.77. The number of rotatable bonds is 6. The van der Waals surface area contributed by atoms with Crippen molar-refractivity contribution in [3.63, 3.8) is 0 Å². The third-order valence-corrected chi connectivity index (χ3v) is 7.45. The predicted molar refractivity (Wildman–Crippen MR) is 140 cm³/mol. The molecule has 0 bridgehead atoms. The average Bonchev–Trinajstić information content (AvgIpc) is 3.46. The Kier molecular flexibility index (Phi) is 8.33. The predicted octanol–water partition coefficient (Wildman–Crippen LogP) is 6.61. The molecule has 2 fully saturated rings. The summed E-state index contributed by atoms with van der Waals surface area (Å²) in [6, 6.07) is 19.2. The van der Waals surface area contributed by atoms with Crippen LogP contribution in [0.3, 0.4) is 0 Å². The molecule has 33 heavy (non-hydrogen) atoms. The zero-order chi connectivity index (χ0) is 22.9. The van der Waals surface area contributed by atoms with Crippen molar-refractivity contribution in [1.29, 1.82) is 0 Å². The first kappa shape index (κ1) is 23.7. The van der Waals surface area contributed by atoms with Crippen molar-refractivity contribution in [2.24, 2.45) is 10.9 Å². The van der Waals surface area contributed by atoms with Gasteiger partial charge in [0.25, 0.3) is 0 Å². The molecule has 2 N–H and O–H groups in total. The highest BCUT2D eigenvalue weighted by Crippen LogP contribution is 2.37. The largest absolute Gasteiger partial charge is 0.342 e. The van der Waals surface area contributed by atoms with Crippen LogP contribution < -0.4 is 5.32 Å². The maximum absolute atomic E-state index is 5.08. The van der Waals surface area contributed by atoms with Gasteiger partial charge in [-0.15, -0.1) is 0 Å². The molecule has 2 heterocycles. The smallest absolute Gasteiger partial charge is 0.104 e. The van der Waals surface area contributed by atoms with E-state index in [1.54, 1.807) is 0 Å². The van der Waals surface area contributed by atoms with E-state index in [-0.39, 0.29) is 0 Å². The molecule has 5 rings (SSSR count). The lowest BCUT2D eigenvalue weighted by atomic mass is 9.71. The van der Waals surface area contributed by atoms with E-state index in [0.29, 0.717) is 5.41 Å². The standard InChI is InChI=1S/C21H32N2.C8H8N2/c1-2-7-18-8-6-11-20(18)23-17-14-21(12-15-22-16-13-21)19-9-4-3-5-10-19;1-6-9-7-4-2-3-5-8(7)10-6/h3-5,9-10,18,22H,2,6-8,11-17H2,1H3;2-5H,1H3,(H,9,10). The van der Waals surface area contributed by atoms with Crippen LogP contribution in [-0.2, 0) is 5.41 Å². The van der Waals surface area contributed by atoms with Gasteiger partial charge in [0.05, 0.1) is 11.0 Å². The van der Waals surface area contributed by atoms with Gasteiger partial charge >= 0.3 is 0 Å². The highest BCUT2D eigenvalue weighted by molar-refractivity contribution is 5.88. The number of benzene rings is 2. The van der Waals surface area contributed by atoms with Gasteiger partial charge in [0.2, 0.25) is 0 Å². The van der Waals surface area contributed by atoms with Gasteiger partial charge in [-0.25, -0.2) is 4.98 Å². The fourth-order valence-electron chi connectivity index (χ4n) is 5.64. The minimum Gasteiger partial charge on any atom is -0.342 e. The van der Waals surface area contributed by atoms with Crippen LogP contribution in [0.4, 0.5) is 0 Å². The second kappa shape index (κ2) is 11.6. The van der Waals surface area contributed by atoms with Crippen LogP contribution in [0.2, 0.25) is 0 Å². The Morgan fingerprint density at radius 1 is 1.03 bits per heavy atom. The van der Waals surface area contributed by atoms with Crippen molar-refractivity contribution in [3.8, 4) is 0 Å². The molecule has 1 unspecified atom stereocenters.